The van der Waals surface area contributed by atoms with Crippen molar-refractivity contribution in [3.63, 3.8) is 0 Å². The van der Waals surface area contributed by atoms with Crippen LogP contribution in [-0.4, -0.2) is 0 Å². The Morgan fingerprint density at radius 1 is 1.07 bits per heavy atom. The molecule has 0 saturated heterocycles. The summed E-state index contributed by atoms with van der Waals surface area (Å²) in [6, 6.07) is 0. The van der Waals surface area contributed by atoms with Gasteiger partial charge >= 0.3 is 0 Å². The van der Waals surface area contributed by atoms with Gasteiger partial charge in [-0.15, -0.1) is 0 Å². The van der Waals surface area contributed by atoms with Crippen LogP contribution in [0.2, 0.25) is 0 Å². The molecule has 2 rings (SSSR count). The highest BCUT2D eigenvalue weighted by Crippen LogP contribution is 2.36. The summed E-state index contributed by atoms with van der Waals surface area (Å²) in [4.78, 5) is 0. The molecule has 3 atom stereocenters. The monoisotopic (exact) mass is 188 g/mol. The molecule has 0 nitrogen and oxygen atoms in total. The van der Waals surface area contributed by atoms with E-state index >= 15 is 0 Å². The minimum Gasteiger partial charge on any atom is -0.0776 e. The molecule has 0 aromatic heterocycles. The fourth-order valence-corrected chi connectivity index (χ4v) is 2.65. The number of hydrogen-bond acceptors (Lipinski definition) is 0. The Morgan fingerprint density at radius 3 is 2.57 bits per heavy atom. The van der Waals surface area contributed by atoms with Gasteiger partial charge in [0.05, 0.1) is 0 Å². The summed E-state index contributed by atoms with van der Waals surface area (Å²) >= 11 is 0. The highest BCUT2D eigenvalue weighted by molar-refractivity contribution is 5.39. The Balaban J connectivity index is 2.34. The van der Waals surface area contributed by atoms with E-state index in [0.29, 0.717) is 5.92 Å². The van der Waals surface area contributed by atoms with Gasteiger partial charge in [-0.05, 0) is 41.7 Å². The predicted molar refractivity (Wildman–Crippen MR) is 62.0 cm³/mol. The molecule has 14 heavy (non-hydrogen) atoms. The third-order valence-corrected chi connectivity index (χ3v) is 3.41. The largest absolute Gasteiger partial charge is 0.0776 e. The SMILES string of the molecule is CC1C=CC2=C(C=C1)C(C)CC(C)C2. The first kappa shape index (κ1) is 9.76. The van der Waals surface area contributed by atoms with Gasteiger partial charge in [0.25, 0.3) is 0 Å². The van der Waals surface area contributed by atoms with E-state index in [0.717, 1.165) is 11.8 Å². The van der Waals surface area contributed by atoms with Crippen LogP contribution in [0.15, 0.2) is 35.5 Å². The van der Waals surface area contributed by atoms with Gasteiger partial charge in [0, 0.05) is 0 Å². The third kappa shape index (κ3) is 1.84. The van der Waals surface area contributed by atoms with E-state index in [1.807, 2.05) is 0 Å². The first-order chi connectivity index (χ1) is 6.66. The van der Waals surface area contributed by atoms with Crippen LogP contribution in [0.5, 0.6) is 0 Å². The number of hydrogen-bond donors (Lipinski definition) is 0. The van der Waals surface area contributed by atoms with Crippen LogP contribution in [0.1, 0.15) is 33.6 Å². The van der Waals surface area contributed by atoms with Crippen molar-refractivity contribution in [1.29, 1.82) is 0 Å². The lowest BCUT2D eigenvalue weighted by Crippen LogP contribution is -2.13. The molecule has 0 aromatic carbocycles. The fourth-order valence-electron chi connectivity index (χ4n) is 2.65. The Hall–Kier alpha value is -0.780. The van der Waals surface area contributed by atoms with Crippen molar-refractivity contribution in [2.75, 3.05) is 0 Å². The maximum Gasteiger partial charge on any atom is -0.00754 e. The van der Waals surface area contributed by atoms with Gasteiger partial charge in [-0.25, -0.2) is 0 Å². The second-order valence-corrected chi connectivity index (χ2v) is 5.00. The van der Waals surface area contributed by atoms with Crippen molar-refractivity contribution in [1.82, 2.24) is 0 Å². The quantitative estimate of drug-likeness (QED) is 0.536. The highest BCUT2D eigenvalue weighted by atomic mass is 14.3. The van der Waals surface area contributed by atoms with Crippen molar-refractivity contribution in [3.05, 3.63) is 35.5 Å². The van der Waals surface area contributed by atoms with Crippen LogP contribution in [0, 0.1) is 17.8 Å². The lowest BCUT2D eigenvalue weighted by atomic mass is 9.78. The van der Waals surface area contributed by atoms with E-state index in [1.54, 1.807) is 11.1 Å². The lowest BCUT2D eigenvalue weighted by Gasteiger charge is -2.27. The minimum absolute atomic E-state index is 0.600. The standard InChI is InChI=1S/C14H20/c1-10-4-6-13-9-11(2)8-12(3)14(13)7-5-10/h4-7,10-12H,8-9H2,1-3H3. The van der Waals surface area contributed by atoms with Crippen molar-refractivity contribution in [2.45, 2.75) is 33.6 Å². The molecule has 76 valence electrons. The zero-order valence-electron chi connectivity index (χ0n) is 9.46. The smallest absolute Gasteiger partial charge is 0.00754 e. The second-order valence-electron chi connectivity index (χ2n) is 5.00. The predicted octanol–water partition coefficient (Wildman–Crippen LogP) is 4.11. The van der Waals surface area contributed by atoms with Gasteiger partial charge in [-0.3, -0.25) is 0 Å². The maximum atomic E-state index is 2.37. The van der Waals surface area contributed by atoms with E-state index in [4.69, 9.17) is 0 Å². The molecule has 2 aliphatic carbocycles. The molecule has 0 amide bonds. The van der Waals surface area contributed by atoms with Crippen LogP contribution in [-0.2, 0) is 0 Å². The van der Waals surface area contributed by atoms with Gasteiger partial charge in [-0.2, -0.15) is 0 Å². The Kier molecular flexibility index (Phi) is 2.62. The van der Waals surface area contributed by atoms with Crippen molar-refractivity contribution in [2.24, 2.45) is 17.8 Å². The number of allylic oxidation sites excluding steroid dienone is 6. The summed E-state index contributed by atoms with van der Waals surface area (Å²) in [6.07, 6.45) is 12.0. The van der Waals surface area contributed by atoms with Crippen LogP contribution in [0.4, 0.5) is 0 Å². The zero-order valence-corrected chi connectivity index (χ0v) is 9.46. The Morgan fingerprint density at radius 2 is 1.79 bits per heavy atom. The number of rotatable bonds is 0. The summed E-state index contributed by atoms with van der Waals surface area (Å²) < 4.78 is 0. The van der Waals surface area contributed by atoms with E-state index < -0.39 is 0 Å². The minimum atomic E-state index is 0.600. The van der Waals surface area contributed by atoms with Gasteiger partial charge in [0.15, 0.2) is 0 Å². The van der Waals surface area contributed by atoms with E-state index in [-0.39, 0.29) is 0 Å². The van der Waals surface area contributed by atoms with Gasteiger partial charge in [-0.1, -0.05) is 45.1 Å². The Labute approximate surface area is 87.4 Å². The first-order valence-electron chi connectivity index (χ1n) is 5.76. The molecule has 0 radical (unpaired) electrons. The summed E-state index contributed by atoms with van der Waals surface area (Å²) in [7, 11) is 0. The molecule has 3 unspecified atom stereocenters. The normalized spacial score (nSPS) is 36.9. The third-order valence-electron chi connectivity index (χ3n) is 3.41. The summed E-state index contributed by atoms with van der Waals surface area (Å²) in [6.45, 7) is 6.98. The summed E-state index contributed by atoms with van der Waals surface area (Å²) in [5.74, 6) is 2.21. The topological polar surface area (TPSA) is 0 Å². The van der Waals surface area contributed by atoms with Crippen LogP contribution in [0.3, 0.4) is 0 Å². The summed E-state index contributed by atoms with van der Waals surface area (Å²) in [5.41, 5.74) is 3.17. The van der Waals surface area contributed by atoms with E-state index in [1.165, 1.54) is 12.8 Å². The summed E-state index contributed by atoms with van der Waals surface area (Å²) in [5, 5.41) is 0. The molecule has 0 spiro atoms. The second kappa shape index (κ2) is 3.76. The zero-order chi connectivity index (χ0) is 10.1. The highest BCUT2D eigenvalue weighted by Gasteiger charge is 2.22. The van der Waals surface area contributed by atoms with Crippen LogP contribution >= 0.6 is 0 Å². The average Bonchev–Trinajstić information content (AvgIpc) is 2.28. The first-order valence-corrected chi connectivity index (χ1v) is 5.76. The maximum absolute atomic E-state index is 2.37. The molecule has 0 saturated carbocycles. The molecule has 0 aromatic rings. The fraction of sp³-hybridized carbons (Fsp3) is 0.571. The molecule has 0 N–H and O–H groups in total. The van der Waals surface area contributed by atoms with Crippen LogP contribution in [0.25, 0.3) is 0 Å². The van der Waals surface area contributed by atoms with Crippen molar-refractivity contribution < 1.29 is 0 Å². The van der Waals surface area contributed by atoms with Gasteiger partial charge in [0.2, 0.25) is 0 Å². The van der Waals surface area contributed by atoms with E-state index in [2.05, 4.69) is 45.1 Å². The van der Waals surface area contributed by atoms with Crippen molar-refractivity contribution >= 4 is 0 Å². The molecular formula is C14H20. The van der Waals surface area contributed by atoms with Crippen LogP contribution < -0.4 is 0 Å². The molecule has 0 heteroatoms. The molecule has 0 bridgehead atoms. The van der Waals surface area contributed by atoms with Gasteiger partial charge < -0.3 is 0 Å². The lowest BCUT2D eigenvalue weighted by molar-refractivity contribution is 0.427. The Bertz CT molecular complexity index is 304. The van der Waals surface area contributed by atoms with Crippen molar-refractivity contribution in [3.8, 4) is 0 Å². The molecule has 2 aliphatic rings. The van der Waals surface area contributed by atoms with E-state index in [9.17, 15) is 0 Å². The molecule has 0 heterocycles. The molecule has 0 fully saturated rings. The molecule has 0 aliphatic heterocycles. The molecular weight excluding hydrogens is 168 g/mol. The van der Waals surface area contributed by atoms with Gasteiger partial charge in [0.1, 0.15) is 0 Å². The average molecular weight is 188 g/mol.